The van der Waals surface area contributed by atoms with E-state index in [4.69, 9.17) is 0 Å². The topological polar surface area (TPSA) is 55.9 Å². The van der Waals surface area contributed by atoms with Crippen LogP contribution in [0.1, 0.15) is 34.6 Å². The van der Waals surface area contributed by atoms with Crippen molar-refractivity contribution in [2.45, 2.75) is 13.8 Å². The third-order valence-corrected chi connectivity index (χ3v) is 8.70. The van der Waals surface area contributed by atoms with E-state index in [0.717, 1.165) is 60.8 Å². The van der Waals surface area contributed by atoms with Gasteiger partial charge in [0, 0.05) is 66.9 Å². The summed E-state index contributed by atoms with van der Waals surface area (Å²) in [5.41, 5.74) is 2.54. The van der Waals surface area contributed by atoms with Gasteiger partial charge in [0.1, 0.15) is 0 Å². The Morgan fingerprint density at radius 3 is 1.95 bits per heavy atom. The molecule has 2 amide bonds. The highest BCUT2D eigenvalue weighted by Gasteiger charge is 2.34. The minimum Gasteiger partial charge on any atom is -0.368 e. The molecule has 0 aliphatic carbocycles. The molecule has 0 unspecified atom stereocenters. The smallest absolute Gasteiger partial charge is 0.261 e. The number of anilines is 1. The molecule has 1 saturated heterocycles. The fraction of sp³-hybridized carbons (Fsp3) is 0.312. The standard InChI is InChI=1S/C32H32N4O2/c1-3-34(4-2)18-19-36-31(37)25-10-8-22-20-6-5-7-24-27(35-16-14-33-15-17-35)13-12-21(28(20)24)23-9-11-26(32(36)38)30(25)29(22)23/h5-13,33H,3-4,14-19H2,1-2H3. The molecular formula is C32H32N4O2. The number of carbonyl (C=O) groups excluding carboxylic acids is 2. The number of rotatable bonds is 6. The Labute approximate surface area is 222 Å². The Hall–Kier alpha value is -3.74. The normalized spacial score (nSPS) is 16.3. The van der Waals surface area contributed by atoms with Crippen molar-refractivity contribution in [2.75, 3.05) is 57.3 Å². The van der Waals surface area contributed by atoms with Crippen molar-refractivity contribution >= 4 is 60.6 Å². The highest BCUT2D eigenvalue weighted by molar-refractivity contribution is 6.38. The summed E-state index contributed by atoms with van der Waals surface area (Å²) in [6.07, 6.45) is 0. The van der Waals surface area contributed by atoms with Crippen molar-refractivity contribution in [3.05, 3.63) is 65.7 Å². The number of nitrogens with zero attached hydrogens (tertiary/aromatic N) is 3. The molecule has 2 aliphatic rings. The molecule has 2 heterocycles. The average Bonchev–Trinajstić information content (AvgIpc) is 2.97. The lowest BCUT2D eigenvalue weighted by atomic mass is 9.84. The maximum absolute atomic E-state index is 13.7. The predicted octanol–water partition coefficient (Wildman–Crippen LogP) is 5.08. The second-order valence-electron chi connectivity index (χ2n) is 10.5. The van der Waals surface area contributed by atoms with Gasteiger partial charge in [0.05, 0.1) is 0 Å². The van der Waals surface area contributed by atoms with Gasteiger partial charge in [0.15, 0.2) is 0 Å². The summed E-state index contributed by atoms with van der Waals surface area (Å²) in [4.78, 5) is 33.5. The molecule has 0 atom stereocenters. The Morgan fingerprint density at radius 2 is 1.29 bits per heavy atom. The van der Waals surface area contributed by atoms with Crippen molar-refractivity contribution in [3.8, 4) is 0 Å². The van der Waals surface area contributed by atoms with Crippen LogP contribution in [0.15, 0.2) is 54.6 Å². The number of hydrogen-bond acceptors (Lipinski definition) is 5. The second-order valence-corrected chi connectivity index (χ2v) is 10.5. The fourth-order valence-corrected chi connectivity index (χ4v) is 6.69. The van der Waals surface area contributed by atoms with Crippen LogP contribution in [0.25, 0.3) is 43.1 Å². The van der Waals surface area contributed by atoms with Gasteiger partial charge in [-0.1, -0.05) is 50.2 Å². The van der Waals surface area contributed by atoms with Gasteiger partial charge in [-0.2, -0.15) is 0 Å². The van der Waals surface area contributed by atoms with Gasteiger partial charge in [0.2, 0.25) is 0 Å². The number of imide groups is 1. The number of carbonyl (C=O) groups is 2. The summed E-state index contributed by atoms with van der Waals surface area (Å²) >= 11 is 0. The Bertz CT molecular complexity index is 1660. The lowest BCUT2D eigenvalue weighted by Gasteiger charge is -2.31. The van der Waals surface area contributed by atoms with Crippen LogP contribution in [0.5, 0.6) is 0 Å². The van der Waals surface area contributed by atoms with E-state index in [9.17, 15) is 9.59 Å². The molecule has 5 aromatic rings. The summed E-state index contributed by atoms with van der Waals surface area (Å²) in [7, 11) is 0. The zero-order valence-corrected chi connectivity index (χ0v) is 22.0. The first kappa shape index (κ1) is 23.4. The molecule has 2 aliphatic heterocycles. The van der Waals surface area contributed by atoms with Gasteiger partial charge in [-0.25, -0.2) is 0 Å². The summed E-state index contributed by atoms with van der Waals surface area (Å²) in [5.74, 6) is -0.368. The molecule has 0 aromatic heterocycles. The van der Waals surface area contributed by atoms with E-state index in [1.54, 1.807) is 0 Å². The van der Waals surface area contributed by atoms with Crippen molar-refractivity contribution in [3.63, 3.8) is 0 Å². The quantitative estimate of drug-likeness (QED) is 0.198. The number of fused-ring (bicyclic) bond motifs is 2. The molecule has 0 bridgehead atoms. The molecule has 1 fully saturated rings. The molecule has 7 rings (SSSR count). The Balaban J connectivity index is 1.45. The summed E-state index contributed by atoms with van der Waals surface area (Å²) in [6, 6.07) is 19.1. The van der Waals surface area contributed by atoms with Gasteiger partial charge < -0.3 is 15.1 Å². The minimum atomic E-state index is -0.184. The van der Waals surface area contributed by atoms with Gasteiger partial charge in [-0.05, 0) is 63.6 Å². The highest BCUT2D eigenvalue weighted by Crippen LogP contribution is 2.45. The molecule has 5 aromatic carbocycles. The van der Waals surface area contributed by atoms with E-state index in [-0.39, 0.29) is 11.8 Å². The molecular weight excluding hydrogens is 472 g/mol. The summed E-state index contributed by atoms with van der Waals surface area (Å²) in [5, 5.41) is 12.4. The number of nitrogens with one attached hydrogen (secondary N) is 1. The molecule has 0 saturated carbocycles. The van der Waals surface area contributed by atoms with Crippen LogP contribution < -0.4 is 10.2 Å². The lowest BCUT2D eigenvalue weighted by molar-refractivity contribution is 0.0594. The molecule has 192 valence electrons. The maximum atomic E-state index is 13.7. The van der Waals surface area contributed by atoms with Crippen LogP contribution in [0.2, 0.25) is 0 Å². The van der Waals surface area contributed by atoms with Crippen LogP contribution in [-0.4, -0.2) is 74.0 Å². The molecule has 0 spiro atoms. The molecule has 6 heteroatoms. The Morgan fingerprint density at radius 1 is 0.711 bits per heavy atom. The van der Waals surface area contributed by atoms with Crippen LogP contribution in [0.3, 0.4) is 0 Å². The molecule has 1 N–H and O–H groups in total. The van der Waals surface area contributed by atoms with Gasteiger partial charge in [0.25, 0.3) is 11.8 Å². The average molecular weight is 505 g/mol. The van der Waals surface area contributed by atoms with E-state index in [2.05, 4.69) is 71.4 Å². The van der Waals surface area contributed by atoms with Crippen molar-refractivity contribution < 1.29 is 9.59 Å². The van der Waals surface area contributed by atoms with E-state index in [0.29, 0.717) is 24.2 Å². The summed E-state index contributed by atoms with van der Waals surface area (Å²) in [6.45, 7) is 11.1. The zero-order valence-electron chi connectivity index (χ0n) is 22.0. The third-order valence-electron chi connectivity index (χ3n) is 8.70. The largest absolute Gasteiger partial charge is 0.368 e. The monoisotopic (exact) mass is 504 g/mol. The zero-order chi connectivity index (χ0) is 26.0. The van der Waals surface area contributed by atoms with Crippen LogP contribution in [0.4, 0.5) is 5.69 Å². The fourth-order valence-electron chi connectivity index (χ4n) is 6.69. The number of amides is 2. The van der Waals surface area contributed by atoms with Crippen LogP contribution in [0, 0.1) is 0 Å². The number of piperazine rings is 1. The van der Waals surface area contributed by atoms with Crippen LogP contribution >= 0.6 is 0 Å². The maximum Gasteiger partial charge on any atom is 0.261 e. The van der Waals surface area contributed by atoms with Crippen LogP contribution in [-0.2, 0) is 0 Å². The summed E-state index contributed by atoms with van der Waals surface area (Å²) < 4.78 is 0. The van der Waals surface area contributed by atoms with E-state index >= 15 is 0 Å². The SMILES string of the molecule is CCN(CC)CCN1C(=O)c2ccc3c4cccc5c(N6CCNCC6)ccc(c6ccc(c2c36)C1=O)c54. The van der Waals surface area contributed by atoms with Crippen molar-refractivity contribution in [1.29, 1.82) is 0 Å². The Kier molecular flexibility index (Phi) is 5.49. The lowest BCUT2D eigenvalue weighted by Crippen LogP contribution is -2.44. The first-order valence-corrected chi connectivity index (χ1v) is 13.8. The van der Waals surface area contributed by atoms with Gasteiger partial charge >= 0.3 is 0 Å². The first-order chi connectivity index (χ1) is 18.6. The van der Waals surface area contributed by atoms with E-state index in [1.165, 1.54) is 32.1 Å². The number of likely N-dealkylation sites (N-methyl/N-ethyl adjacent to an activating group) is 1. The number of benzene rings is 5. The van der Waals surface area contributed by atoms with Gasteiger partial charge in [-0.3, -0.25) is 14.5 Å². The molecule has 0 radical (unpaired) electrons. The molecule has 6 nitrogen and oxygen atoms in total. The van der Waals surface area contributed by atoms with Gasteiger partial charge in [-0.15, -0.1) is 0 Å². The highest BCUT2D eigenvalue weighted by atomic mass is 16.2. The minimum absolute atomic E-state index is 0.184. The van der Waals surface area contributed by atoms with Crippen molar-refractivity contribution in [2.24, 2.45) is 0 Å². The van der Waals surface area contributed by atoms with E-state index in [1.807, 2.05) is 12.1 Å². The van der Waals surface area contributed by atoms with Crippen molar-refractivity contribution in [1.82, 2.24) is 15.1 Å². The number of hydrogen-bond donors (Lipinski definition) is 1. The predicted molar refractivity (Wildman–Crippen MR) is 156 cm³/mol. The first-order valence-electron chi connectivity index (χ1n) is 13.8. The van der Waals surface area contributed by atoms with E-state index < -0.39 is 0 Å². The second kappa shape index (κ2) is 8.93. The third kappa shape index (κ3) is 3.27. The molecule has 38 heavy (non-hydrogen) atoms.